The predicted molar refractivity (Wildman–Crippen MR) is 76.8 cm³/mol. The Morgan fingerprint density at radius 3 is 2.85 bits per heavy atom. The molecule has 0 amide bonds. The molecular weight excluding hydrogens is 276 g/mol. The molecule has 7 heteroatoms. The molecule has 0 bridgehead atoms. The lowest BCUT2D eigenvalue weighted by Gasteiger charge is -2.13. The summed E-state index contributed by atoms with van der Waals surface area (Å²) in [5.41, 5.74) is 6.45. The Kier molecular flexibility index (Phi) is 2.98. The Morgan fingerprint density at radius 1 is 1.45 bits per heavy atom. The summed E-state index contributed by atoms with van der Waals surface area (Å²) in [7, 11) is -3.65. The van der Waals surface area contributed by atoms with Crippen molar-refractivity contribution >= 4 is 21.5 Å². The topological polar surface area (TPSA) is 89.5 Å². The molecule has 108 valence electrons. The molecule has 0 unspecified atom stereocenters. The van der Waals surface area contributed by atoms with Gasteiger partial charge < -0.3 is 5.73 Å². The van der Waals surface area contributed by atoms with Crippen LogP contribution in [0.15, 0.2) is 29.4 Å². The lowest BCUT2D eigenvalue weighted by atomic mass is 10.1. The lowest BCUT2D eigenvalue weighted by Crippen LogP contribution is -2.31. The molecule has 2 aromatic heterocycles. The quantitative estimate of drug-likeness (QED) is 0.872. The van der Waals surface area contributed by atoms with Gasteiger partial charge in [-0.15, -0.1) is 0 Å². The average Bonchev–Trinajstić information content (AvgIpc) is 3.12. The molecule has 1 aliphatic carbocycles. The molecule has 1 fully saturated rings. The van der Waals surface area contributed by atoms with Crippen molar-refractivity contribution in [3.63, 3.8) is 0 Å². The van der Waals surface area contributed by atoms with Gasteiger partial charge in [0.2, 0.25) is 0 Å². The highest BCUT2D eigenvalue weighted by Crippen LogP contribution is 2.48. The van der Waals surface area contributed by atoms with Crippen molar-refractivity contribution in [3.05, 3.63) is 24.4 Å². The summed E-state index contributed by atoms with van der Waals surface area (Å²) in [4.78, 5) is 4.08. The molecule has 2 heterocycles. The molecular formula is C13H18N4O2S. The van der Waals surface area contributed by atoms with Crippen molar-refractivity contribution in [1.82, 2.24) is 14.1 Å². The van der Waals surface area contributed by atoms with Gasteiger partial charge in [-0.3, -0.25) is 4.40 Å². The average molecular weight is 294 g/mol. The van der Waals surface area contributed by atoms with Crippen LogP contribution in [0.5, 0.6) is 0 Å². The highest BCUT2D eigenvalue weighted by molar-refractivity contribution is 7.89. The van der Waals surface area contributed by atoms with E-state index in [4.69, 9.17) is 5.73 Å². The van der Waals surface area contributed by atoms with Crippen LogP contribution in [0.25, 0.3) is 5.65 Å². The Bertz CT molecular complexity index is 747. The van der Waals surface area contributed by atoms with E-state index >= 15 is 0 Å². The maximum atomic E-state index is 12.5. The standard InChI is InChI=1S/C13H18N4O2S/c1-2-13(6-7-13)9-15-20(18,19)12-11(14)16-10-5-3-4-8-17(10)12/h3-5,8,15H,2,6-7,9,14H2,1H3. The monoisotopic (exact) mass is 294 g/mol. The fourth-order valence-electron chi connectivity index (χ4n) is 2.41. The van der Waals surface area contributed by atoms with Crippen LogP contribution in [-0.2, 0) is 10.0 Å². The number of hydrogen-bond acceptors (Lipinski definition) is 4. The highest BCUT2D eigenvalue weighted by atomic mass is 32.2. The third-order valence-corrected chi connectivity index (χ3v) is 5.55. The summed E-state index contributed by atoms with van der Waals surface area (Å²) in [6, 6.07) is 5.27. The maximum Gasteiger partial charge on any atom is 0.260 e. The second kappa shape index (κ2) is 4.46. The van der Waals surface area contributed by atoms with E-state index in [0.29, 0.717) is 12.2 Å². The van der Waals surface area contributed by atoms with E-state index in [9.17, 15) is 8.42 Å². The van der Waals surface area contributed by atoms with Crippen molar-refractivity contribution in [2.24, 2.45) is 5.41 Å². The van der Waals surface area contributed by atoms with Crippen LogP contribution in [0.4, 0.5) is 5.82 Å². The SMILES string of the molecule is CCC1(CNS(=O)(=O)c2c(N)nc3ccccn23)CC1. The summed E-state index contributed by atoms with van der Waals surface area (Å²) in [6.45, 7) is 2.55. The zero-order chi connectivity index (χ0) is 14.4. The number of nitrogens with zero attached hydrogens (tertiary/aromatic N) is 2. The molecule has 20 heavy (non-hydrogen) atoms. The number of pyridine rings is 1. The van der Waals surface area contributed by atoms with Crippen LogP contribution in [0, 0.1) is 5.41 Å². The number of nitrogens with one attached hydrogen (secondary N) is 1. The molecule has 1 saturated carbocycles. The number of nitrogen functional groups attached to an aromatic ring is 1. The van der Waals surface area contributed by atoms with E-state index < -0.39 is 10.0 Å². The van der Waals surface area contributed by atoms with Crippen LogP contribution >= 0.6 is 0 Å². The Labute approximate surface area is 118 Å². The van der Waals surface area contributed by atoms with Gasteiger partial charge in [0.1, 0.15) is 5.65 Å². The summed E-state index contributed by atoms with van der Waals surface area (Å²) < 4.78 is 29.1. The van der Waals surface area contributed by atoms with Gasteiger partial charge in [0.15, 0.2) is 10.8 Å². The molecule has 2 aromatic rings. The normalized spacial score (nSPS) is 17.4. The molecule has 0 spiro atoms. The van der Waals surface area contributed by atoms with Crippen molar-refractivity contribution in [2.45, 2.75) is 31.2 Å². The number of imidazole rings is 1. The van der Waals surface area contributed by atoms with Gasteiger partial charge in [0.05, 0.1) is 0 Å². The first-order valence-electron chi connectivity index (χ1n) is 6.70. The van der Waals surface area contributed by atoms with Gasteiger partial charge in [-0.05, 0) is 36.8 Å². The molecule has 0 aromatic carbocycles. The summed E-state index contributed by atoms with van der Waals surface area (Å²) in [6.07, 6.45) is 4.79. The smallest absolute Gasteiger partial charge is 0.260 e. The van der Waals surface area contributed by atoms with Crippen LogP contribution in [-0.4, -0.2) is 24.3 Å². The summed E-state index contributed by atoms with van der Waals surface area (Å²) in [5.74, 6) is 0.0324. The van der Waals surface area contributed by atoms with E-state index in [1.807, 2.05) is 0 Å². The lowest BCUT2D eigenvalue weighted by molar-refractivity contribution is 0.475. The molecule has 0 aliphatic heterocycles. The van der Waals surface area contributed by atoms with Crippen molar-refractivity contribution < 1.29 is 8.42 Å². The molecule has 0 radical (unpaired) electrons. The Morgan fingerprint density at radius 2 is 2.20 bits per heavy atom. The largest absolute Gasteiger partial charge is 0.381 e. The van der Waals surface area contributed by atoms with Gasteiger partial charge >= 0.3 is 0 Å². The second-order valence-corrected chi connectivity index (χ2v) is 7.09. The summed E-state index contributed by atoms with van der Waals surface area (Å²) >= 11 is 0. The van der Waals surface area contributed by atoms with E-state index in [1.165, 1.54) is 4.40 Å². The van der Waals surface area contributed by atoms with Gasteiger partial charge in [-0.25, -0.2) is 18.1 Å². The zero-order valence-electron chi connectivity index (χ0n) is 11.3. The van der Waals surface area contributed by atoms with E-state index in [1.54, 1.807) is 24.4 Å². The molecule has 1 aliphatic rings. The number of nitrogens with two attached hydrogens (primary N) is 1. The first kappa shape index (κ1) is 13.4. The number of fused-ring (bicyclic) bond motifs is 1. The molecule has 3 rings (SSSR count). The van der Waals surface area contributed by atoms with Gasteiger partial charge in [-0.2, -0.15) is 0 Å². The van der Waals surface area contributed by atoms with E-state index in [2.05, 4.69) is 16.6 Å². The van der Waals surface area contributed by atoms with E-state index in [0.717, 1.165) is 19.3 Å². The fraction of sp³-hybridized carbons (Fsp3) is 0.462. The minimum Gasteiger partial charge on any atom is -0.381 e. The number of sulfonamides is 1. The van der Waals surface area contributed by atoms with E-state index in [-0.39, 0.29) is 16.3 Å². The van der Waals surface area contributed by atoms with Crippen molar-refractivity contribution in [1.29, 1.82) is 0 Å². The zero-order valence-corrected chi connectivity index (χ0v) is 12.2. The van der Waals surface area contributed by atoms with Gasteiger partial charge in [0, 0.05) is 12.7 Å². The van der Waals surface area contributed by atoms with Crippen LogP contribution < -0.4 is 10.5 Å². The minimum atomic E-state index is -3.65. The van der Waals surface area contributed by atoms with Crippen molar-refractivity contribution in [3.8, 4) is 0 Å². The maximum absolute atomic E-state index is 12.5. The molecule has 0 saturated heterocycles. The Hall–Kier alpha value is -1.60. The number of anilines is 1. The number of hydrogen-bond donors (Lipinski definition) is 2. The summed E-state index contributed by atoms with van der Waals surface area (Å²) in [5, 5.41) is 0.0278. The third kappa shape index (κ3) is 2.16. The predicted octanol–water partition coefficient (Wildman–Crippen LogP) is 1.38. The third-order valence-electron chi connectivity index (χ3n) is 4.11. The molecule has 3 N–H and O–H groups in total. The minimum absolute atomic E-state index is 0.0278. The molecule has 0 atom stereocenters. The van der Waals surface area contributed by atoms with Gasteiger partial charge in [0.25, 0.3) is 10.0 Å². The number of aromatic nitrogens is 2. The van der Waals surface area contributed by atoms with Crippen molar-refractivity contribution in [2.75, 3.05) is 12.3 Å². The first-order valence-corrected chi connectivity index (χ1v) is 8.18. The number of rotatable bonds is 5. The van der Waals surface area contributed by atoms with Crippen LogP contribution in [0.1, 0.15) is 26.2 Å². The fourth-order valence-corrected chi connectivity index (χ4v) is 3.77. The second-order valence-electron chi connectivity index (χ2n) is 5.41. The Balaban J connectivity index is 1.95. The van der Waals surface area contributed by atoms with Crippen LogP contribution in [0.3, 0.4) is 0 Å². The first-order chi connectivity index (χ1) is 9.47. The van der Waals surface area contributed by atoms with Gasteiger partial charge in [-0.1, -0.05) is 13.0 Å². The van der Waals surface area contributed by atoms with Crippen LogP contribution in [0.2, 0.25) is 0 Å². The highest BCUT2D eigenvalue weighted by Gasteiger charge is 2.41. The molecule has 6 nitrogen and oxygen atoms in total.